The lowest BCUT2D eigenvalue weighted by molar-refractivity contribution is 0.269. The summed E-state index contributed by atoms with van der Waals surface area (Å²) in [5.41, 5.74) is 0.560. The Kier molecular flexibility index (Phi) is 3.66. The highest BCUT2D eigenvalue weighted by atomic mass is 35.5. The molecule has 2 rings (SSSR count). The summed E-state index contributed by atoms with van der Waals surface area (Å²) in [6.45, 7) is 5.98. The van der Waals surface area contributed by atoms with Gasteiger partial charge in [0, 0.05) is 5.54 Å². The van der Waals surface area contributed by atoms with Gasteiger partial charge in [0.1, 0.15) is 5.02 Å². The topological polar surface area (TPSA) is 46.9 Å². The maximum absolute atomic E-state index is 12.0. The minimum Gasteiger partial charge on any atom is -0.377 e. The Morgan fingerprint density at radius 1 is 1.56 bits per heavy atom. The van der Waals surface area contributed by atoms with E-state index in [0.717, 1.165) is 19.3 Å². The van der Waals surface area contributed by atoms with E-state index in [2.05, 4.69) is 17.3 Å². The highest BCUT2D eigenvalue weighted by molar-refractivity contribution is 6.32. The molecular formula is C13H20ClN3O. The van der Waals surface area contributed by atoms with Crippen LogP contribution < -0.4 is 10.9 Å². The summed E-state index contributed by atoms with van der Waals surface area (Å²) in [5, 5.41) is 7.83. The molecule has 0 saturated heterocycles. The average molecular weight is 270 g/mol. The minimum atomic E-state index is -0.220. The third kappa shape index (κ3) is 2.26. The van der Waals surface area contributed by atoms with Crippen molar-refractivity contribution in [3.05, 3.63) is 21.6 Å². The first-order valence-electron chi connectivity index (χ1n) is 6.54. The SMILES string of the molecule is CCC1(Nc2cnn(C(C)C)c(=O)c2Cl)CCC1. The molecule has 1 aliphatic rings. The Balaban J connectivity index is 2.30. The average Bonchev–Trinajstić information content (AvgIpc) is 2.28. The molecule has 0 aromatic carbocycles. The molecule has 1 aromatic heterocycles. The minimum absolute atomic E-state index is 0.0212. The third-order valence-electron chi connectivity index (χ3n) is 3.82. The molecule has 1 aromatic rings. The van der Waals surface area contributed by atoms with Crippen molar-refractivity contribution in [1.82, 2.24) is 9.78 Å². The van der Waals surface area contributed by atoms with Gasteiger partial charge in [0.05, 0.1) is 17.9 Å². The van der Waals surface area contributed by atoms with Crippen molar-refractivity contribution < 1.29 is 0 Å². The number of aromatic nitrogens is 2. The number of nitrogens with zero attached hydrogens (tertiary/aromatic N) is 2. The Labute approximate surface area is 112 Å². The molecule has 1 N–H and O–H groups in total. The van der Waals surface area contributed by atoms with E-state index in [0.29, 0.717) is 5.69 Å². The number of hydrogen-bond acceptors (Lipinski definition) is 3. The lowest BCUT2D eigenvalue weighted by Crippen LogP contribution is -2.44. The molecule has 0 bridgehead atoms. The number of halogens is 1. The quantitative estimate of drug-likeness (QED) is 0.913. The number of rotatable bonds is 4. The fourth-order valence-electron chi connectivity index (χ4n) is 2.36. The van der Waals surface area contributed by atoms with Gasteiger partial charge in [-0.15, -0.1) is 0 Å². The zero-order chi connectivity index (χ0) is 13.3. The molecule has 0 spiro atoms. The van der Waals surface area contributed by atoms with E-state index >= 15 is 0 Å². The van der Waals surface area contributed by atoms with Crippen molar-refractivity contribution in [3.63, 3.8) is 0 Å². The van der Waals surface area contributed by atoms with Gasteiger partial charge in [0.25, 0.3) is 5.56 Å². The van der Waals surface area contributed by atoms with Gasteiger partial charge in [-0.1, -0.05) is 18.5 Å². The summed E-state index contributed by atoms with van der Waals surface area (Å²) in [6.07, 6.45) is 6.20. The summed E-state index contributed by atoms with van der Waals surface area (Å²) in [6, 6.07) is 0.0212. The van der Waals surface area contributed by atoms with Gasteiger partial charge >= 0.3 is 0 Å². The number of hydrogen-bond donors (Lipinski definition) is 1. The normalized spacial score (nSPS) is 17.6. The van der Waals surface area contributed by atoms with Gasteiger partial charge < -0.3 is 5.32 Å². The second kappa shape index (κ2) is 4.92. The first kappa shape index (κ1) is 13.4. The molecule has 100 valence electrons. The second-order valence-electron chi connectivity index (χ2n) is 5.33. The van der Waals surface area contributed by atoms with Crippen molar-refractivity contribution in [2.45, 2.75) is 58.0 Å². The molecule has 1 heterocycles. The van der Waals surface area contributed by atoms with Crippen molar-refractivity contribution in [3.8, 4) is 0 Å². The molecule has 5 heteroatoms. The molecule has 4 nitrogen and oxygen atoms in total. The van der Waals surface area contributed by atoms with Crippen LogP contribution in [0.5, 0.6) is 0 Å². The Hall–Kier alpha value is -1.03. The van der Waals surface area contributed by atoms with Crippen LogP contribution in [0.25, 0.3) is 0 Å². The highest BCUT2D eigenvalue weighted by Crippen LogP contribution is 2.38. The van der Waals surface area contributed by atoms with Gasteiger partial charge in [-0.3, -0.25) is 4.79 Å². The van der Waals surface area contributed by atoms with Crippen LogP contribution in [0.2, 0.25) is 5.02 Å². The van der Waals surface area contributed by atoms with Gasteiger partial charge in [0.15, 0.2) is 0 Å². The number of nitrogens with one attached hydrogen (secondary N) is 1. The summed E-state index contributed by atoms with van der Waals surface area (Å²) in [5.74, 6) is 0. The second-order valence-corrected chi connectivity index (χ2v) is 5.71. The summed E-state index contributed by atoms with van der Waals surface area (Å²) < 4.78 is 1.41. The van der Waals surface area contributed by atoms with Crippen LogP contribution in [0.1, 0.15) is 52.5 Å². The molecule has 0 aliphatic heterocycles. The summed E-state index contributed by atoms with van der Waals surface area (Å²) >= 11 is 6.15. The van der Waals surface area contributed by atoms with Crippen LogP contribution in [0, 0.1) is 0 Å². The zero-order valence-corrected chi connectivity index (χ0v) is 11.9. The molecule has 1 saturated carbocycles. The van der Waals surface area contributed by atoms with E-state index in [9.17, 15) is 4.79 Å². The van der Waals surface area contributed by atoms with E-state index < -0.39 is 0 Å². The monoisotopic (exact) mass is 269 g/mol. The van der Waals surface area contributed by atoms with E-state index in [1.54, 1.807) is 6.20 Å². The zero-order valence-electron chi connectivity index (χ0n) is 11.2. The Bertz CT molecular complexity index is 486. The van der Waals surface area contributed by atoms with Crippen molar-refractivity contribution in [2.24, 2.45) is 0 Å². The van der Waals surface area contributed by atoms with E-state index in [1.165, 1.54) is 11.1 Å². The van der Waals surface area contributed by atoms with Gasteiger partial charge in [-0.2, -0.15) is 5.10 Å². The van der Waals surface area contributed by atoms with Crippen LogP contribution in [-0.4, -0.2) is 15.3 Å². The van der Waals surface area contributed by atoms with Crippen LogP contribution >= 0.6 is 11.6 Å². The first-order chi connectivity index (χ1) is 8.49. The maximum Gasteiger partial charge on any atom is 0.287 e. The van der Waals surface area contributed by atoms with E-state index in [4.69, 9.17) is 11.6 Å². The Morgan fingerprint density at radius 3 is 2.67 bits per heavy atom. The number of anilines is 1. The predicted octanol–water partition coefficient (Wildman–Crippen LogP) is 3.22. The van der Waals surface area contributed by atoms with Gasteiger partial charge in [0.2, 0.25) is 0 Å². The van der Waals surface area contributed by atoms with E-state index in [-0.39, 0.29) is 22.2 Å². The predicted molar refractivity (Wildman–Crippen MR) is 74.4 cm³/mol. The van der Waals surface area contributed by atoms with Crippen molar-refractivity contribution in [1.29, 1.82) is 0 Å². The maximum atomic E-state index is 12.0. The largest absolute Gasteiger partial charge is 0.377 e. The molecule has 0 unspecified atom stereocenters. The third-order valence-corrected chi connectivity index (χ3v) is 4.19. The molecule has 0 radical (unpaired) electrons. The molecule has 0 atom stereocenters. The fourth-order valence-corrected chi connectivity index (χ4v) is 2.54. The standard InChI is InChI=1S/C13H20ClN3O/c1-4-13(6-5-7-13)16-10-8-15-17(9(2)3)12(18)11(10)14/h8-9,16H,4-7H2,1-3H3. The summed E-state index contributed by atoms with van der Waals surface area (Å²) in [4.78, 5) is 12.0. The van der Waals surface area contributed by atoms with Gasteiger partial charge in [-0.25, -0.2) is 4.68 Å². The van der Waals surface area contributed by atoms with Crippen molar-refractivity contribution >= 4 is 17.3 Å². The lowest BCUT2D eigenvalue weighted by Gasteiger charge is -2.43. The molecule has 0 amide bonds. The van der Waals surface area contributed by atoms with Crippen LogP contribution in [0.15, 0.2) is 11.0 Å². The van der Waals surface area contributed by atoms with Gasteiger partial charge in [-0.05, 0) is 39.5 Å². The summed E-state index contributed by atoms with van der Waals surface area (Å²) in [7, 11) is 0. The lowest BCUT2D eigenvalue weighted by atomic mass is 9.75. The van der Waals surface area contributed by atoms with Crippen molar-refractivity contribution in [2.75, 3.05) is 5.32 Å². The molecule has 1 fully saturated rings. The first-order valence-corrected chi connectivity index (χ1v) is 6.92. The molecule has 18 heavy (non-hydrogen) atoms. The molecular weight excluding hydrogens is 250 g/mol. The Morgan fingerprint density at radius 2 is 2.22 bits per heavy atom. The van der Waals surface area contributed by atoms with Crippen LogP contribution in [0.3, 0.4) is 0 Å². The smallest absolute Gasteiger partial charge is 0.287 e. The van der Waals surface area contributed by atoms with Crippen LogP contribution in [-0.2, 0) is 0 Å². The fraction of sp³-hybridized carbons (Fsp3) is 0.692. The highest BCUT2D eigenvalue weighted by Gasteiger charge is 2.35. The molecule has 1 aliphatic carbocycles. The van der Waals surface area contributed by atoms with E-state index in [1.807, 2.05) is 13.8 Å². The van der Waals surface area contributed by atoms with Crippen LogP contribution in [0.4, 0.5) is 5.69 Å².